The highest BCUT2D eigenvalue weighted by molar-refractivity contribution is 7.81. The van der Waals surface area contributed by atoms with E-state index in [1.165, 1.54) is 0 Å². The van der Waals surface area contributed by atoms with Crippen molar-refractivity contribution >= 4 is 34.0 Å². The number of hydrogen-bond donors (Lipinski definition) is 1. The number of aromatic amines is 1. The zero-order chi connectivity index (χ0) is 26.6. The molecule has 2 unspecified atom stereocenters. The number of ether oxygens (including phenoxy) is 2. The molecule has 0 aliphatic carbocycles. The molecule has 1 N–H and O–H groups in total. The van der Waals surface area contributed by atoms with E-state index >= 15 is 0 Å². The lowest BCUT2D eigenvalue weighted by Crippen LogP contribution is -2.54. The summed E-state index contributed by atoms with van der Waals surface area (Å²) >= 11 is 0. The van der Waals surface area contributed by atoms with Crippen LogP contribution in [0.15, 0.2) is 24.4 Å². The largest absolute Gasteiger partial charge is 0.473 e. The van der Waals surface area contributed by atoms with E-state index < -0.39 is 11.0 Å². The van der Waals surface area contributed by atoms with Gasteiger partial charge in [-0.05, 0) is 43.8 Å². The van der Waals surface area contributed by atoms with Gasteiger partial charge < -0.3 is 9.47 Å². The molecule has 2 bridgehead atoms. The minimum atomic E-state index is -0.990. The predicted octanol–water partition coefficient (Wildman–Crippen LogP) is 2.44. The summed E-state index contributed by atoms with van der Waals surface area (Å²) in [7, 11) is 4.92. The van der Waals surface area contributed by atoms with Gasteiger partial charge >= 0.3 is 0 Å². The van der Waals surface area contributed by atoms with Crippen LogP contribution in [0.1, 0.15) is 23.9 Å². The molecule has 1 aromatic carbocycles. The highest BCUT2D eigenvalue weighted by Gasteiger charge is 2.32. The number of hydrogen-bond acceptors (Lipinski definition) is 7. The smallest absolute Gasteiger partial charge is 0.240 e. The van der Waals surface area contributed by atoms with Crippen LogP contribution in [0.4, 0.5) is 0 Å². The summed E-state index contributed by atoms with van der Waals surface area (Å²) in [4.78, 5) is 2.22. The number of H-pyrrole nitrogens is 1. The molecule has 0 saturated carbocycles. The monoisotopic (exact) mass is 536 g/mol. The van der Waals surface area contributed by atoms with Gasteiger partial charge in [-0.3, -0.25) is 14.7 Å². The second-order valence-corrected chi connectivity index (χ2v) is 11.5. The van der Waals surface area contributed by atoms with Crippen LogP contribution in [0.2, 0.25) is 0 Å². The highest BCUT2D eigenvalue weighted by atomic mass is 32.2. The van der Waals surface area contributed by atoms with Crippen LogP contribution in [0.3, 0.4) is 0 Å². The fourth-order valence-electron chi connectivity index (χ4n) is 5.08. The normalized spacial score (nSPS) is 20.7. The predicted molar refractivity (Wildman–Crippen MR) is 147 cm³/mol. The van der Waals surface area contributed by atoms with Gasteiger partial charge in [-0.2, -0.15) is 10.2 Å². The van der Waals surface area contributed by atoms with Gasteiger partial charge in [-0.25, -0.2) is 13.2 Å². The van der Waals surface area contributed by atoms with Crippen molar-refractivity contribution in [2.75, 3.05) is 32.9 Å². The number of nitrogens with zero attached hydrogens (tertiary/aromatic N) is 7. The lowest BCUT2D eigenvalue weighted by atomic mass is 10.1. The molecule has 12 heteroatoms. The minimum absolute atomic E-state index is 0.0447. The van der Waals surface area contributed by atoms with Crippen molar-refractivity contribution in [3.05, 3.63) is 41.3 Å². The second-order valence-electron chi connectivity index (χ2n) is 10.1. The maximum absolute atomic E-state index is 11.7. The topological polar surface area (TPSA) is 106 Å². The standard InChI is InChI=1S/C26H32N8O3S/c1-16-12-31(2)15-24-19(25(30-32(24)3)37-18-13-34(14-18)38(5)35)7-9-23-20-10-17(6-8-22(20)28-29-23)21-11-27-33(4)26(21)36-16/h6-11,16,18H,12-15H2,1-5H3,(H,28,29)/b9-7+. The number of nitrogens with one attached hydrogen (secondary N) is 1. The Balaban J connectivity index is 1.43. The van der Waals surface area contributed by atoms with Crippen molar-refractivity contribution in [1.82, 2.24) is 39.0 Å². The van der Waals surface area contributed by atoms with Crippen molar-refractivity contribution in [2.24, 2.45) is 14.1 Å². The van der Waals surface area contributed by atoms with Gasteiger partial charge in [0.1, 0.15) is 12.2 Å². The molecular formula is C26H32N8O3S. The van der Waals surface area contributed by atoms with E-state index in [1.807, 2.05) is 47.5 Å². The molecular weight excluding hydrogens is 504 g/mol. The van der Waals surface area contributed by atoms with Gasteiger partial charge in [0.15, 0.2) is 0 Å². The average molecular weight is 537 g/mol. The molecule has 5 heterocycles. The van der Waals surface area contributed by atoms with E-state index in [4.69, 9.17) is 14.6 Å². The number of benzene rings is 1. The van der Waals surface area contributed by atoms with Crippen LogP contribution < -0.4 is 9.47 Å². The van der Waals surface area contributed by atoms with Gasteiger partial charge in [0.2, 0.25) is 11.8 Å². The fraction of sp³-hybridized carbons (Fsp3) is 0.423. The van der Waals surface area contributed by atoms with Crippen LogP contribution in [-0.2, 0) is 31.6 Å². The summed E-state index contributed by atoms with van der Waals surface area (Å²) in [6, 6.07) is 6.18. The Morgan fingerprint density at radius 3 is 2.74 bits per heavy atom. The van der Waals surface area contributed by atoms with Crippen molar-refractivity contribution in [1.29, 1.82) is 0 Å². The van der Waals surface area contributed by atoms with E-state index in [2.05, 4.69) is 46.3 Å². The summed E-state index contributed by atoms with van der Waals surface area (Å²) in [5.74, 6) is 1.32. The van der Waals surface area contributed by atoms with Crippen molar-refractivity contribution < 1.29 is 13.7 Å². The summed E-state index contributed by atoms with van der Waals surface area (Å²) < 4.78 is 30.0. The Labute approximate surface area is 223 Å². The quantitative estimate of drug-likeness (QED) is 0.429. The lowest BCUT2D eigenvalue weighted by Gasteiger charge is -2.36. The number of fused-ring (bicyclic) bond motifs is 4. The maximum Gasteiger partial charge on any atom is 0.240 e. The Morgan fingerprint density at radius 1 is 1.13 bits per heavy atom. The first kappa shape index (κ1) is 24.8. The molecule has 11 nitrogen and oxygen atoms in total. The Morgan fingerprint density at radius 2 is 1.95 bits per heavy atom. The van der Waals surface area contributed by atoms with Gasteiger partial charge in [0.25, 0.3) is 0 Å². The molecule has 2 aliphatic rings. The Bertz CT molecular complexity index is 1550. The third kappa shape index (κ3) is 4.52. The number of rotatable bonds is 3. The number of aromatic nitrogens is 6. The van der Waals surface area contributed by atoms with Crippen molar-refractivity contribution in [3.8, 4) is 22.9 Å². The first-order valence-electron chi connectivity index (χ1n) is 12.6. The molecule has 38 heavy (non-hydrogen) atoms. The van der Waals surface area contributed by atoms with Crippen LogP contribution in [-0.4, -0.2) is 88.3 Å². The summed E-state index contributed by atoms with van der Waals surface area (Å²) in [5.41, 5.74) is 5.68. The number of aryl methyl sites for hydroxylation is 2. The zero-order valence-electron chi connectivity index (χ0n) is 22.2. The molecule has 0 radical (unpaired) electrons. The lowest BCUT2D eigenvalue weighted by molar-refractivity contribution is 0.0753. The fourth-order valence-corrected chi connectivity index (χ4v) is 5.83. The molecule has 200 valence electrons. The summed E-state index contributed by atoms with van der Waals surface area (Å²) in [5, 5.41) is 17.9. The average Bonchev–Trinajstić information content (AvgIpc) is 3.49. The van der Waals surface area contributed by atoms with Gasteiger partial charge in [-0.15, -0.1) is 5.10 Å². The van der Waals surface area contributed by atoms with Crippen molar-refractivity contribution in [3.63, 3.8) is 0 Å². The molecule has 2 atom stereocenters. The molecule has 1 fully saturated rings. The van der Waals surface area contributed by atoms with Gasteiger partial charge in [0.05, 0.1) is 45.2 Å². The molecule has 1 saturated heterocycles. The second kappa shape index (κ2) is 9.68. The van der Waals surface area contributed by atoms with E-state index in [0.717, 1.165) is 44.9 Å². The Hall–Kier alpha value is -3.48. The maximum atomic E-state index is 11.7. The van der Waals surface area contributed by atoms with Crippen LogP contribution in [0.25, 0.3) is 34.2 Å². The third-order valence-electron chi connectivity index (χ3n) is 7.13. The molecule has 4 aromatic rings. The van der Waals surface area contributed by atoms with E-state index in [9.17, 15) is 4.21 Å². The first-order chi connectivity index (χ1) is 18.3. The third-order valence-corrected chi connectivity index (χ3v) is 8.15. The SMILES string of the molecule is CC1CN(C)Cc2c(c(OC3CN(S(C)=O)C3)nn2C)/C=C/c2[nH]nc3ccc(cc23)-c2cnn(C)c2O1. The van der Waals surface area contributed by atoms with Gasteiger partial charge in [0, 0.05) is 51.9 Å². The molecule has 0 amide bonds. The highest BCUT2D eigenvalue weighted by Crippen LogP contribution is 2.34. The van der Waals surface area contributed by atoms with Gasteiger partial charge in [-0.1, -0.05) is 6.07 Å². The summed E-state index contributed by atoms with van der Waals surface area (Å²) in [6.45, 7) is 4.67. The van der Waals surface area contributed by atoms with Crippen LogP contribution >= 0.6 is 0 Å². The van der Waals surface area contributed by atoms with E-state index in [0.29, 0.717) is 32.1 Å². The van der Waals surface area contributed by atoms with E-state index in [-0.39, 0.29) is 12.2 Å². The Kier molecular flexibility index (Phi) is 6.33. The van der Waals surface area contributed by atoms with Crippen LogP contribution in [0, 0.1) is 0 Å². The molecule has 0 spiro atoms. The molecule has 6 rings (SSSR count). The summed E-state index contributed by atoms with van der Waals surface area (Å²) in [6.07, 6.45) is 7.50. The van der Waals surface area contributed by atoms with Crippen LogP contribution in [0.5, 0.6) is 11.8 Å². The minimum Gasteiger partial charge on any atom is -0.473 e. The number of likely N-dealkylation sites (N-methyl/N-ethyl adjacent to an activating group) is 1. The van der Waals surface area contributed by atoms with Crippen molar-refractivity contribution in [2.45, 2.75) is 25.7 Å². The zero-order valence-corrected chi connectivity index (χ0v) is 23.0. The molecule has 3 aromatic heterocycles. The molecule has 2 aliphatic heterocycles. The first-order valence-corrected chi connectivity index (χ1v) is 14.1. The van der Waals surface area contributed by atoms with E-state index in [1.54, 1.807) is 10.9 Å².